The minimum Gasteiger partial charge on any atom is -0.486 e. The number of halogens is 1. The Morgan fingerprint density at radius 3 is 2.83 bits per heavy atom. The van der Waals surface area contributed by atoms with Crippen molar-refractivity contribution in [3.8, 4) is 5.75 Å². The number of carboxylic acids is 1. The fourth-order valence-electron chi connectivity index (χ4n) is 1.26. The molecule has 0 aliphatic heterocycles. The summed E-state index contributed by atoms with van der Waals surface area (Å²) < 4.78 is 6.31. The van der Waals surface area contributed by atoms with Gasteiger partial charge in [-0.05, 0) is 34.1 Å². The summed E-state index contributed by atoms with van der Waals surface area (Å²) in [5.74, 6) is -0.630. The van der Waals surface area contributed by atoms with E-state index >= 15 is 0 Å². The van der Waals surface area contributed by atoms with Crippen LogP contribution < -0.4 is 4.74 Å². The molecule has 2 heterocycles. The van der Waals surface area contributed by atoms with Crippen LogP contribution >= 0.6 is 15.9 Å². The minimum atomic E-state index is -1.03. The zero-order chi connectivity index (χ0) is 13.0. The third-order valence-corrected chi connectivity index (χ3v) is 2.60. The smallest absolute Gasteiger partial charge is 0.337 e. The van der Waals surface area contributed by atoms with E-state index in [1.807, 2.05) is 12.1 Å². The lowest BCUT2D eigenvalue weighted by Crippen LogP contribution is -2.01. The molecule has 0 fully saturated rings. The van der Waals surface area contributed by atoms with Crippen LogP contribution in [0.4, 0.5) is 0 Å². The monoisotopic (exact) mass is 308 g/mol. The van der Waals surface area contributed by atoms with E-state index in [1.165, 1.54) is 18.5 Å². The van der Waals surface area contributed by atoms with Crippen LogP contribution in [-0.4, -0.2) is 21.0 Å². The number of pyridine rings is 2. The average molecular weight is 309 g/mol. The van der Waals surface area contributed by atoms with Crippen molar-refractivity contribution in [2.75, 3.05) is 0 Å². The maximum absolute atomic E-state index is 10.8. The molecule has 0 aromatic carbocycles. The zero-order valence-electron chi connectivity index (χ0n) is 9.21. The minimum absolute atomic E-state index is 0.0938. The fourth-order valence-corrected chi connectivity index (χ4v) is 1.50. The average Bonchev–Trinajstić information content (AvgIpc) is 2.38. The SMILES string of the molecule is O=C(O)c1cncc(OCc2ccc(Br)cn2)c1. The van der Waals surface area contributed by atoms with Crippen molar-refractivity contribution in [3.63, 3.8) is 0 Å². The van der Waals surface area contributed by atoms with Crippen molar-refractivity contribution in [2.24, 2.45) is 0 Å². The number of rotatable bonds is 4. The van der Waals surface area contributed by atoms with E-state index in [1.54, 1.807) is 6.20 Å². The van der Waals surface area contributed by atoms with Gasteiger partial charge in [0.2, 0.25) is 0 Å². The van der Waals surface area contributed by atoms with E-state index in [2.05, 4.69) is 25.9 Å². The molecule has 0 spiro atoms. The molecule has 0 unspecified atom stereocenters. The van der Waals surface area contributed by atoms with Gasteiger partial charge in [0.25, 0.3) is 0 Å². The molecule has 1 N–H and O–H groups in total. The molecule has 6 heteroatoms. The molecule has 2 aromatic rings. The molecule has 5 nitrogen and oxygen atoms in total. The van der Waals surface area contributed by atoms with Gasteiger partial charge < -0.3 is 9.84 Å². The number of ether oxygens (including phenoxy) is 1. The standard InChI is InChI=1S/C12H9BrN2O3/c13-9-1-2-10(15-5-9)7-18-11-3-8(12(16)17)4-14-6-11/h1-6H,7H2,(H,16,17). The summed E-state index contributed by atoms with van der Waals surface area (Å²) in [4.78, 5) is 18.7. The van der Waals surface area contributed by atoms with Gasteiger partial charge in [-0.2, -0.15) is 0 Å². The number of carboxylic acid groups (broad SMARTS) is 1. The highest BCUT2D eigenvalue weighted by molar-refractivity contribution is 9.10. The van der Waals surface area contributed by atoms with Gasteiger partial charge in [-0.3, -0.25) is 9.97 Å². The first-order chi connectivity index (χ1) is 8.65. The quantitative estimate of drug-likeness (QED) is 0.939. The number of hydrogen-bond donors (Lipinski definition) is 1. The first-order valence-corrected chi connectivity index (χ1v) is 5.86. The van der Waals surface area contributed by atoms with Gasteiger partial charge in [-0.1, -0.05) is 0 Å². The number of aromatic carboxylic acids is 1. The molecule has 0 aliphatic carbocycles. The lowest BCUT2D eigenvalue weighted by Gasteiger charge is -2.05. The van der Waals surface area contributed by atoms with Crippen molar-refractivity contribution in [2.45, 2.75) is 6.61 Å². The van der Waals surface area contributed by atoms with E-state index in [9.17, 15) is 4.79 Å². The summed E-state index contributed by atoms with van der Waals surface area (Å²) in [5, 5.41) is 8.81. The molecular weight excluding hydrogens is 300 g/mol. The fraction of sp³-hybridized carbons (Fsp3) is 0.0833. The van der Waals surface area contributed by atoms with Gasteiger partial charge in [0.05, 0.1) is 17.5 Å². The topological polar surface area (TPSA) is 72.3 Å². The van der Waals surface area contributed by atoms with Gasteiger partial charge in [0, 0.05) is 16.9 Å². The highest BCUT2D eigenvalue weighted by Gasteiger charge is 2.05. The zero-order valence-corrected chi connectivity index (χ0v) is 10.8. The van der Waals surface area contributed by atoms with Crippen LogP contribution in [0, 0.1) is 0 Å². The van der Waals surface area contributed by atoms with Crippen LogP contribution in [0.5, 0.6) is 5.75 Å². The molecule has 0 radical (unpaired) electrons. The highest BCUT2D eigenvalue weighted by atomic mass is 79.9. The Morgan fingerprint density at radius 1 is 1.33 bits per heavy atom. The van der Waals surface area contributed by atoms with Crippen LogP contribution in [0.15, 0.2) is 41.3 Å². The Balaban J connectivity index is 2.04. The van der Waals surface area contributed by atoms with Gasteiger partial charge in [0.15, 0.2) is 0 Å². The van der Waals surface area contributed by atoms with Gasteiger partial charge in [0.1, 0.15) is 12.4 Å². The maximum atomic E-state index is 10.8. The summed E-state index contributed by atoms with van der Waals surface area (Å²) in [6.07, 6.45) is 4.41. The first kappa shape index (κ1) is 12.5. The van der Waals surface area contributed by atoms with E-state index in [-0.39, 0.29) is 12.2 Å². The highest BCUT2D eigenvalue weighted by Crippen LogP contribution is 2.14. The summed E-state index contributed by atoms with van der Waals surface area (Å²) >= 11 is 3.29. The third-order valence-electron chi connectivity index (χ3n) is 2.14. The molecule has 18 heavy (non-hydrogen) atoms. The van der Waals surface area contributed by atoms with E-state index in [0.29, 0.717) is 5.75 Å². The molecule has 0 atom stereocenters. The Hall–Kier alpha value is -1.95. The molecule has 0 bridgehead atoms. The van der Waals surface area contributed by atoms with E-state index in [0.717, 1.165) is 10.2 Å². The van der Waals surface area contributed by atoms with Crippen molar-refractivity contribution < 1.29 is 14.6 Å². The van der Waals surface area contributed by atoms with E-state index < -0.39 is 5.97 Å². The normalized spacial score (nSPS) is 10.1. The summed E-state index contributed by atoms with van der Waals surface area (Å²) in [5.41, 5.74) is 0.843. The predicted octanol–water partition coefficient (Wildman–Crippen LogP) is 2.52. The number of hydrogen-bond acceptors (Lipinski definition) is 4. The molecule has 0 saturated carbocycles. The Labute approximate surface area is 112 Å². The van der Waals surface area contributed by atoms with Crippen molar-refractivity contribution >= 4 is 21.9 Å². The maximum Gasteiger partial charge on any atom is 0.337 e. The van der Waals surface area contributed by atoms with Crippen molar-refractivity contribution in [3.05, 3.63) is 52.5 Å². The molecule has 0 saturated heterocycles. The second kappa shape index (κ2) is 5.59. The second-order valence-corrected chi connectivity index (χ2v) is 4.39. The second-order valence-electron chi connectivity index (χ2n) is 3.47. The van der Waals surface area contributed by atoms with E-state index in [4.69, 9.17) is 9.84 Å². The Kier molecular flexibility index (Phi) is 3.88. The van der Waals surface area contributed by atoms with Crippen LogP contribution in [-0.2, 0) is 6.61 Å². The predicted molar refractivity (Wildman–Crippen MR) is 67.5 cm³/mol. The molecule has 0 aliphatic rings. The number of aromatic nitrogens is 2. The largest absolute Gasteiger partial charge is 0.486 e. The molecular formula is C12H9BrN2O3. The first-order valence-electron chi connectivity index (χ1n) is 5.07. The summed E-state index contributed by atoms with van der Waals surface area (Å²) in [6.45, 7) is 0.262. The lowest BCUT2D eigenvalue weighted by molar-refractivity contribution is 0.0696. The Bertz CT molecular complexity index is 558. The summed E-state index contributed by atoms with van der Waals surface area (Å²) in [6, 6.07) is 5.10. The summed E-state index contributed by atoms with van der Waals surface area (Å²) in [7, 11) is 0. The molecule has 0 amide bonds. The van der Waals surface area contributed by atoms with Gasteiger partial charge in [-0.25, -0.2) is 4.79 Å². The molecule has 2 aromatic heterocycles. The lowest BCUT2D eigenvalue weighted by atomic mass is 10.3. The molecule has 2 rings (SSSR count). The third kappa shape index (κ3) is 3.27. The number of carbonyl (C=O) groups is 1. The van der Waals surface area contributed by atoms with Gasteiger partial charge in [-0.15, -0.1) is 0 Å². The Morgan fingerprint density at radius 2 is 2.17 bits per heavy atom. The van der Waals surface area contributed by atoms with Crippen LogP contribution in [0.25, 0.3) is 0 Å². The van der Waals surface area contributed by atoms with Crippen molar-refractivity contribution in [1.82, 2.24) is 9.97 Å². The number of nitrogens with zero attached hydrogens (tertiary/aromatic N) is 2. The van der Waals surface area contributed by atoms with Crippen LogP contribution in [0.2, 0.25) is 0 Å². The van der Waals surface area contributed by atoms with Crippen LogP contribution in [0.1, 0.15) is 16.1 Å². The van der Waals surface area contributed by atoms with Gasteiger partial charge >= 0.3 is 5.97 Å². The molecule has 92 valence electrons. The van der Waals surface area contributed by atoms with Crippen molar-refractivity contribution in [1.29, 1.82) is 0 Å². The van der Waals surface area contributed by atoms with Crippen LogP contribution in [0.3, 0.4) is 0 Å².